The number of nitrogens with zero attached hydrogens (tertiary/aromatic N) is 1. The molecule has 0 atom stereocenters. The fraction of sp³-hybridized carbons (Fsp3) is 0. The molecule has 2 aliphatic heterocycles. The monoisotopic (exact) mass is 198 g/mol. The van der Waals surface area contributed by atoms with Gasteiger partial charge in [0.2, 0.25) is 0 Å². The predicted molar refractivity (Wildman–Crippen MR) is 51.9 cm³/mol. The van der Waals surface area contributed by atoms with Gasteiger partial charge in [-0.2, -0.15) is 0 Å². The van der Waals surface area contributed by atoms with Gasteiger partial charge in [-0.3, -0.25) is 14.9 Å². The van der Waals surface area contributed by atoms with Gasteiger partial charge in [0, 0.05) is 11.3 Å². The smallest absolute Gasteiger partial charge is 0.260 e. The summed E-state index contributed by atoms with van der Waals surface area (Å²) in [5, 5.41) is 3.77. The van der Waals surface area contributed by atoms with E-state index in [2.05, 4.69) is 10.3 Å². The molecule has 1 N–H and O–H groups in total. The third-order valence-electron chi connectivity index (χ3n) is 2.40. The van der Waals surface area contributed by atoms with Crippen LogP contribution in [0.4, 0.5) is 0 Å². The number of amides is 2. The van der Waals surface area contributed by atoms with Crippen molar-refractivity contribution in [2.24, 2.45) is 4.99 Å². The molecular weight excluding hydrogens is 192 g/mol. The van der Waals surface area contributed by atoms with E-state index in [1.54, 1.807) is 0 Å². The first-order valence-electron chi connectivity index (χ1n) is 4.51. The van der Waals surface area contributed by atoms with Crippen LogP contribution < -0.4 is 15.9 Å². The van der Waals surface area contributed by atoms with Gasteiger partial charge < -0.3 is 0 Å². The van der Waals surface area contributed by atoms with Gasteiger partial charge in [-0.15, -0.1) is 0 Å². The van der Waals surface area contributed by atoms with Crippen molar-refractivity contribution in [2.75, 3.05) is 0 Å². The maximum atomic E-state index is 11.6. The number of hydrogen-bond donors (Lipinski definition) is 1. The summed E-state index contributed by atoms with van der Waals surface area (Å²) in [4.78, 5) is 26.9. The van der Waals surface area contributed by atoms with Gasteiger partial charge in [0.1, 0.15) is 0 Å². The van der Waals surface area contributed by atoms with Crippen LogP contribution in [-0.4, -0.2) is 11.8 Å². The SMILES string of the molecule is O=C1C=C2N=c3ccccc3=C2C(=O)N1. The summed E-state index contributed by atoms with van der Waals surface area (Å²) in [6.07, 6.45) is 1.34. The fourth-order valence-electron chi connectivity index (χ4n) is 1.78. The van der Waals surface area contributed by atoms with Gasteiger partial charge in [0.15, 0.2) is 0 Å². The largest absolute Gasteiger partial charge is 0.289 e. The lowest BCUT2D eigenvalue weighted by Crippen LogP contribution is -2.36. The van der Waals surface area contributed by atoms with Gasteiger partial charge in [-0.05, 0) is 6.07 Å². The van der Waals surface area contributed by atoms with Crippen LogP contribution in [0.15, 0.2) is 41.0 Å². The van der Waals surface area contributed by atoms with E-state index in [9.17, 15) is 9.59 Å². The van der Waals surface area contributed by atoms with Crippen LogP contribution in [0.25, 0.3) is 5.57 Å². The highest BCUT2D eigenvalue weighted by Gasteiger charge is 2.26. The Hall–Kier alpha value is -2.23. The van der Waals surface area contributed by atoms with Crippen LogP contribution in [0.5, 0.6) is 0 Å². The first-order valence-corrected chi connectivity index (χ1v) is 4.51. The number of benzene rings is 1. The van der Waals surface area contributed by atoms with Crippen molar-refractivity contribution in [2.45, 2.75) is 0 Å². The van der Waals surface area contributed by atoms with Crippen LogP contribution in [0, 0.1) is 0 Å². The number of nitrogens with one attached hydrogen (secondary N) is 1. The molecule has 0 fully saturated rings. The summed E-state index contributed by atoms with van der Waals surface area (Å²) in [7, 11) is 0. The molecular formula is C11H6N2O2. The number of para-hydroxylation sites is 1. The molecule has 1 aromatic rings. The standard InChI is InChI=1S/C11H6N2O2/c14-9-5-8-10(11(15)13-9)6-3-1-2-4-7(6)12-8/h1-5H,(H,13,14,15). The van der Waals surface area contributed by atoms with E-state index in [0.29, 0.717) is 11.3 Å². The quantitative estimate of drug-likeness (QED) is 0.544. The lowest BCUT2D eigenvalue weighted by atomic mass is 10.1. The first-order chi connectivity index (χ1) is 7.25. The minimum absolute atomic E-state index is 0.369. The maximum absolute atomic E-state index is 11.6. The minimum atomic E-state index is -0.407. The topological polar surface area (TPSA) is 58.5 Å². The number of carbonyl (C=O) groups is 2. The molecule has 15 heavy (non-hydrogen) atoms. The van der Waals surface area contributed by atoms with Crippen molar-refractivity contribution >= 4 is 17.4 Å². The third kappa shape index (κ3) is 1.05. The zero-order valence-electron chi connectivity index (χ0n) is 7.65. The van der Waals surface area contributed by atoms with E-state index in [-0.39, 0.29) is 5.91 Å². The molecule has 2 aliphatic rings. The highest BCUT2D eigenvalue weighted by atomic mass is 16.2. The number of carbonyl (C=O) groups excluding carboxylic acids is 2. The first kappa shape index (κ1) is 8.11. The van der Waals surface area contributed by atoms with Crippen molar-refractivity contribution < 1.29 is 9.59 Å². The Balaban J connectivity index is 2.46. The number of rotatable bonds is 0. The van der Waals surface area contributed by atoms with Crippen molar-refractivity contribution in [3.63, 3.8) is 0 Å². The molecule has 72 valence electrons. The second-order valence-corrected chi connectivity index (χ2v) is 3.35. The van der Waals surface area contributed by atoms with E-state index in [4.69, 9.17) is 0 Å². The van der Waals surface area contributed by atoms with Crippen molar-refractivity contribution in [1.82, 2.24) is 5.32 Å². The van der Waals surface area contributed by atoms with Crippen molar-refractivity contribution in [3.8, 4) is 0 Å². The van der Waals surface area contributed by atoms with Gasteiger partial charge in [-0.25, -0.2) is 4.99 Å². The molecule has 0 saturated heterocycles. The highest BCUT2D eigenvalue weighted by molar-refractivity contribution is 6.28. The van der Waals surface area contributed by atoms with Gasteiger partial charge in [0.05, 0.1) is 16.6 Å². The van der Waals surface area contributed by atoms with Gasteiger partial charge in [-0.1, -0.05) is 18.2 Å². The molecule has 0 spiro atoms. The van der Waals surface area contributed by atoms with E-state index in [1.807, 2.05) is 24.3 Å². The zero-order valence-corrected chi connectivity index (χ0v) is 7.65. The molecule has 3 rings (SSSR count). The minimum Gasteiger partial charge on any atom is -0.289 e. The highest BCUT2D eigenvalue weighted by Crippen LogP contribution is 2.16. The Bertz CT molecular complexity index is 641. The fourth-order valence-corrected chi connectivity index (χ4v) is 1.78. The molecule has 0 aromatic heterocycles. The molecule has 1 aromatic carbocycles. The van der Waals surface area contributed by atoms with Gasteiger partial charge in [0.25, 0.3) is 11.8 Å². The van der Waals surface area contributed by atoms with E-state index in [1.165, 1.54) is 6.08 Å². The summed E-state index contributed by atoms with van der Waals surface area (Å²) < 4.78 is 0. The van der Waals surface area contributed by atoms with Crippen LogP contribution in [-0.2, 0) is 9.59 Å². The average molecular weight is 198 g/mol. The van der Waals surface area contributed by atoms with Crippen LogP contribution in [0.3, 0.4) is 0 Å². The van der Waals surface area contributed by atoms with Crippen molar-refractivity contribution in [1.29, 1.82) is 0 Å². The van der Waals surface area contributed by atoms with Crippen LogP contribution in [0.2, 0.25) is 0 Å². The Morgan fingerprint density at radius 1 is 1.13 bits per heavy atom. The molecule has 0 radical (unpaired) electrons. The molecule has 0 aliphatic carbocycles. The maximum Gasteiger partial charge on any atom is 0.260 e. The molecule has 0 saturated carbocycles. The summed E-state index contributed by atoms with van der Waals surface area (Å²) in [6, 6.07) is 7.33. The second kappa shape index (κ2) is 2.63. The predicted octanol–water partition coefficient (Wildman–Crippen LogP) is -0.989. The lowest BCUT2D eigenvalue weighted by molar-refractivity contribution is -0.125. The number of fused-ring (bicyclic) bond motifs is 2. The molecule has 4 nitrogen and oxygen atoms in total. The Morgan fingerprint density at radius 2 is 1.93 bits per heavy atom. The zero-order chi connectivity index (χ0) is 10.4. The summed E-state index contributed by atoms with van der Waals surface area (Å²) in [6.45, 7) is 0. The summed E-state index contributed by atoms with van der Waals surface area (Å²) in [5.41, 5.74) is 0.954. The van der Waals surface area contributed by atoms with E-state index in [0.717, 1.165) is 10.6 Å². The lowest BCUT2D eigenvalue weighted by Gasteiger charge is -2.09. The molecule has 2 heterocycles. The van der Waals surface area contributed by atoms with E-state index < -0.39 is 5.91 Å². The van der Waals surface area contributed by atoms with Crippen molar-refractivity contribution in [3.05, 3.63) is 46.6 Å². The molecule has 0 bridgehead atoms. The Kier molecular flexibility index (Phi) is 1.42. The van der Waals surface area contributed by atoms with Gasteiger partial charge >= 0.3 is 0 Å². The summed E-state index contributed by atoms with van der Waals surface area (Å²) >= 11 is 0. The summed E-state index contributed by atoms with van der Waals surface area (Å²) in [5.74, 6) is -0.776. The van der Waals surface area contributed by atoms with Crippen LogP contribution >= 0.6 is 0 Å². The Morgan fingerprint density at radius 3 is 2.80 bits per heavy atom. The number of hydrogen-bond acceptors (Lipinski definition) is 3. The Labute approximate surface area is 84.6 Å². The number of imide groups is 1. The van der Waals surface area contributed by atoms with E-state index >= 15 is 0 Å². The normalized spacial score (nSPS) is 17.6. The second-order valence-electron chi connectivity index (χ2n) is 3.35. The van der Waals surface area contributed by atoms with Crippen LogP contribution in [0.1, 0.15) is 0 Å². The molecule has 4 heteroatoms. The molecule has 0 unspecified atom stereocenters. The third-order valence-corrected chi connectivity index (χ3v) is 2.40. The average Bonchev–Trinajstić information content (AvgIpc) is 2.54. The molecule has 2 amide bonds.